The summed E-state index contributed by atoms with van der Waals surface area (Å²) in [6.07, 6.45) is 8.17. The van der Waals surface area contributed by atoms with E-state index in [1.807, 2.05) is 0 Å². The summed E-state index contributed by atoms with van der Waals surface area (Å²) in [6, 6.07) is 2.84. The number of halogens is 2. The largest absolute Gasteiger partial charge is 0.361 e. The van der Waals surface area contributed by atoms with Crippen molar-refractivity contribution in [2.24, 2.45) is 0 Å². The van der Waals surface area contributed by atoms with Gasteiger partial charge in [0.1, 0.15) is 17.8 Å². The van der Waals surface area contributed by atoms with Gasteiger partial charge >= 0.3 is 5.69 Å². The molecule has 0 spiro atoms. The molecule has 2 aromatic rings. The van der Waals surface area contributed by atoms with Crippen LogP contribution < -0.4 is 16.6 Å². The Morgan fingerprint density at radius 2 is 1.93 bits per heavy atom. The summed E-state index contributed by atoms with van der Waals surface area (Å²) in [5, 5.41) is 2.81. The highest BCUT2D eigenvalue weighted by Crippen LogP contribution is 2.34. The first-order valence-electron chi connectivity index (χ1n) is 9.54. The van der Waals surface area contributed by atoms with Crippen LogP contribution in [0.3, 0.4) is 0 Å². The summed E-state index contributed by atoms with van der Waals surface area (Å²) in [7, 11) is 0. The number of anilines is 1. The van der Waals surface area contributed by atoms with E-state index in [1.54, 1.807) is 0 Å². The minimum absolute atomic E-state index is 0.0749. The average molecular weight is 385 g/mol. The number of hydrogen-bond acceptors (Lipinski definition) is 3. The van der Waals surface area contributed by atoms with E-state index >= 15 is 0 Å². The molecule has 4 rings (SSSR count). The molecule has 0 unspecified atom stereocenters. The summed E-state index contributed by atoms with van der Waals surface area (Å²) in [6.45, 7) is 0. The second-order valence-electron chi connectivity index (χ2n) is 7.47. The summed E-state index contributed by atoms with van der Waals surface area (Å²) < 4.78 is 30.5. The van der Waals surface area contributed by atoms with Crippen LogP contribution in [0.4, 0.5) is 14.6 Å². The Hall–Kier alpha value is -2.88. The number of nitrogens with zero attached hydrogens (tertiary/aromatic N) is 1. The predicted octanol–water partition coefficient (Wildman–Crippen LogP) is 3.21. The Morgan fingerprint density at radius 1 is 1.18 bits per heavy atom. The monoisotopic (exact) mass is 385 g/mol. The second kappa shape index (κ2) is 7.27. The molecular weight excluding hydrogens is 364 g/mol. The maximum Gasteiger partial charge on any atom is 0.330 e. The molecule has 0 amide bonds. The number of alkyl halides is 1. The van der Waals surface area contributed by atoms with Crippen LogP contribution in [-0.4, -0.2) is 15.7 Å². The SMILES string of the molecule is C#Cc1ccc(F)c([C@@H]2Nc3[nH]c(=O)n(C4CCCCC4)c(=O)c3C[C@@H]2F)c1. The van der Waals surface area contributed by atoms with Gasteiger partial charge in [0, 0.05) is 23.6 Å². The molecule has 1 fully saturated rings. The highest BCUT2D eigenvalue weighted by atomic mass is 19.1. The lowest BCUT2D eigenvalue weighted by molar-refractivity contribution is 0.277. The molecule has 1 aromatic carbocycles. The molecule has 0 radical (unpaired) electrons. The maximum absolute atomic E-state index is 15.0. The summed E-state index contributed by atoms with van der Waals surface area (Å²) in [4.78, 5) is 28.2. The highest BCUT2D eigenvalue weighted by Gasteiger charge is 2.34. The first-order valence-corrected chi connectivity index (χ1v) is 9.54. The van der Waals surface area contributed by atoms with Crippen molar-refractivity contribution in [1.29, 1.82) is 0 Å². The Labute approximate surface area is 160 Å². The number of nitrogens with one attached hydrogen (secondary N) is 2. The van der Waals surface area contributed by atoms with Crippen LogP contribution in [0.25, 0.3) is 0 Å². The molecule has 2 atom stereocenters. The van der Waals surface area contributed by atoms with Crippen molar-refractivity contribution in [1.82, 2.24) is 9.55 Å². The van der Waals surface area contributed by atoms with E-state index < -0.39 is 29.3 Å². The summed E-state index contributed by atoms with van der Waals surface area (Å²) >= 11 is 0. The molecule has 1 saturated carbocycles. The molecule has 7 heteroatoms. The van der Waals surface area contributed by atoms with Crippen LogP contribution in [0.5, 0.6) is 0 Å². The molecule has 2 heterocycles. The molecule has 1 aromatic heterocycles. The van der Waals surface area contributed by atoms with Crippen molar-refractivity contribution in [2.75, 3.05) is 5.32 Å². The average Bonchev–Trinajstić information content (AvgIpc) is 2.70. The fourth-order valence-electron chi connectivity index (χ4n) is 4.27. The van der Waals surface area contributed by atoms with Crippen LogP contribution in [0.2, 0.25) is 0 Å². The number of rotatable bonds is 2. The topological polar surface area (TPSA) is 66.9 Å². The van der Waals surface area contributed by atoms with E-state index in [0.717, 1.165) is 32.1 Å². The van der Waals surface area contributed by atoms with Gasteiger partial charge in [0.15, 0.2) is 0 Å². The molecule has 28 heavy (non-hydrogen) atoms. The van der Waals surface area contributed by atoms with Gasteiger partial charge in [-0.15, -0.1) is 6.42 Å². The van der Waals surface area contributed by atoms with Crippen LogP contribution >= 0.6 is 0 Å². The predicted molar refractivity (Wildman–Crippen MR) is 103 cm³/mol. The van der Waals surface area contributed by atoms with Gasteiger partial charge in [-0.05, 0) is 31.0 Å². The Balaban J connectivity index is 1.74. The van der Waals surface area contributed by atoms with Gasteiger partial charge in [-0.1, -0.05) is 25.2 Å². The molecule has 5 nitrogen and oxygen atoms in total. The minimum Gasteiger partial charge on any atom is -0.361 e. The fraction of sp³-hybridized carbons (Fsp3) is 0.429. The third-order valence-corrected chi connectivity index (χ3v) is 5.73. The van der Waals surface area contributed by atoms with Crippen molar-refractivity contribution in [3.63, 3.8) is 0 Å². The lowest BCUT2D eigenvalue weighted by Gasteiger charge is -2.31. The Bertz CT molecular complexity index is 1060. The van der Waals surface area contributed by atoms with E-state index in [0.29, 0.717) is 5.56 Å². The first-order chi connectivity index (χ1) is 13.5. The number of benzene rings is 1. The number of fused-ring (bicyclic) bond motifs is 1. The molecule has 146 valence electrons. The maximum atomic E-state index is 15.0. The van der Waals surface area contributed by atoms with Crippen LogP contribution in [0.1, 0.15) is 60.9 Å². The van der Waals surface area contributed by atoms with Gasteiger partial charge < -0.3 is 5.32 Å². The van der Waals surface area contributed by atoms with Crippen molar-refractivity contribution in [2.45, 2.75) is 56.8 Å². The third kappa shape index (κ3) is 3.13. The van der Waals surface area contributed by atoms with Gasteiger partial charge in [-0.2, -0.15) is 0 Å². The third-order valence-electron chi connectivity index (χ3n) is 5.73. The van der Waals surface area contributed by atoms with E-state index in [4.69, 9.17) is 6.42 Å². The van der Waals surface area contributed by atoms with Gasteiger partial charge in [-0.3, -0.25) is 14.3 Å². The van der Waals surface area contributed by atoms with Crippen molar-refractivity contribution < 1.29 is 8.78 Å². The number of aromatic amines is 1. The number of hydrogen-bond donors (Lipinski definition) is 2. The fourth-order valence-corrected chi connectivity index (χ4v) is 4.27. The van der Waals surface area contributed by atoms with Gasteiger partial charge in [0.25, 0.3) is 5.56 Å². The highest BCUT2D eigenvalue weighted by molar-refractivity contribution is 5.50. The lowest BCUT2D eigenvalue weighted by Crippen LogP contribution is -2.44. The van der Waals surface area contributed by atoms with Crippen molar-refractivity contribution in [3.8, 4) is 12.3 Å². The Kier molecular flexibility index (Phi) is 4.80. The molecule has 2 aliphatic rings. The molecule has 1 aliphatic heterocycles. The smallest absolute Gasteiger partial charge is 0.330 e. The molecular formula is C21H21F2N3O2. The van der Waals surface area contributed by atoms with E-state index in [1.165, 1.54) is 22.8 Å². The summed E-state index contributed by atoms with van der Waals surface area (Å²) in [5.74, 6) is 1.96. The molecule has 1 aliphatic carbocycles. The second-order valence-corrected chi connectivity index (χ2v) is 7.47. The normalized spacial score (nSPS) is 22.2. The molecule has 2 N–H and O–H groups in total. The Morgan fingerprint density at radius 3 is 2.64 bits per heavy atom. The number of aromatic nitrogens is 2. The number of H-pyrrole nitrogens is 1. The first kappa shape index (κ1) is 18.5. The molecule has 0 bridgehead atoms. The van der Waals surface area contributed by atoms with E-state index in [2.05, 4.69) is 16.2 Å². The lowest BCUT2D eigenvalue weighted by atomic mass is 9.92. The van der Waals surface area contributed by atoms with E-state index in [-0.39, 0.29) is 29.4 Å². The van der Waals surface area contributed by atoms with Crippen molar-refractivity contribution in [3.05, 3.63) is 61.5 Å². The van der Waals surface area contributed by atoms with Crippen LogP contribution in [0.15, 0.2) is 27.8 Å². The zero-order chi connectivity index (χ0) is 19.8. The molecule has 0 saturated heterocycles. The standard InChI is InChI=1S/C21H21F2N3O2/c1-2-12-8-9-16(22)14(10-12)18-17(23)11-15-19(24-18)25-21(28)26(20(15)27)13-6-4-3-5-7-13/h1,8-10,13,17-18,24H,3-7,11H2,(H,25,28)/t17-,18-/m0/s1. The van der Waals surface area contributed by atoms with Crippen molar-refractivity contribution >= 4 is 5.82 Å². The van der Waals surface area contributed by atoms with E-state index in [9.17, 15) is 18.4 Å². The minimum atomic E-state index is -1.53. The van der Waals surface area contributed by atoms with Crippen LogP contribution in [-0.2, 0) is 6.42 Å². The number of terminal acetylenes is 1. The van der Waals surface area contributed by atoms with Crippen LogP contribution in [0, 0.1) is 18.2 Å². The summed E-state index contributed by atoms with van der Waals surface area (Å²) in [5.41, 5.74) is -0.278. The van der Waals surface area contributed by atoms with Gasteiger partial charge in [0.2, 0.25) is 0 Å². The van der Waals surface area contributed by atoms with Gasteiger partial charge in [-0.25, -0.2) is 13.6 Å². The quantitative estimate of drug-likeness (QED) is 0.780. The zero-order valence-electron chi connectivity index (χ0n) is 15.3. The van der Waals surface area contributed by atoms with Gasteiger partial charge in [0.05, 0.1) is 11.6 Å². The zero-order valence-corrected chi connectivity index (χ0v) is 15.3.